The van der Waals surface area contributed by atoms with Gasteiger partial charge in [0.1, 0.15) is 6.04 Å². The van der Waals surface area contributed by atoms with Crippen molar-refractivity contribution in [2.75, 3.05) is 13.6 Å². The van der Waals surface area contributed by atoms with Crippen LogP contribution in [-0.4, -0.2) is 46.5 Å². The van der Waals surface area contributed by atoms with Gasteiger partial charge in [0.25, 0.3) is 11.8 Å². The Morgan fingerprint density at radius 2 is 2.00 bits per heavy atom. The number of hydrogen-bond acceptors (Lipinski definition) is 5. The minimum atomic E-state index is -0.394. The standard InChI is InChI=1S/C17H20N4O3/c1-11-19-16(24-20-11)12-6-8-13(9-7-12)17(23)21-10-4-3-5-14(21)15(22)18-2/h6-9,14H,3-5,10H2,1-2H3,(H,18,22)/t14-/m1/s1. The van der Waals surface area contributed by atoms with Crippen LogP contribution in [0.2, 0.25) is 0 Å². The first-order valence-corrected chi connectivity index (χ1v) is 8.03. The highest BCUT2D eigenvalue weighted by Gasteiger charge is 2.32. The molecule has 1 aliphatic heterocycles. The van der Waals surface area contributed by atoms with Gasteiger partial charge in [-0.05, 0) is 50.5 Å². The molecule has 1 saturated heterocycles. The molecule has 0 spiro atoms. The molecule has 126 valence electrons. The van der Waals surface area contributed by atoms with Gasteiger partial charge in [0.05, 0.1) is 0 Å². The van der Waals surface area contributed by atoms with Crippen molar-refractivity contribution in [3.63, 3.8) is 0 Å². The van der Waals surface area contributed by atoms with E-state index in [4.69, 9.17) is 4.52 Å². The summed E-state index contributed by atoms with van der Waals surface area (Å²) in [4.78, 5) is 30.6. The Morgan fingerprint density at radius 3 is 2.62 bits per heavy atom. The van der Waals surface area contributed by atoms with Gasteiger partial charge in [-0.15, -0.1) is 0 Å². The average molecular weight is 328 g/mol. The number of carbonyl (C=O) groups is 2. The Balaban J connectivity index is 1.80. The second kappa shape index (κ2) is 6.82. The maximum absolute atomic E-state index is 12.8. The lowest BCUT2D eigenvalue weighted by molar-refractivity contribution is -0.126. The number of nitrogens with zero attached hydrogens (tertiary/aromatic N) is 3. The third-order valence-corrected chi connectivity index (χ3v) is 4.22. The zero-order valence-corrected chi connectivity index (χ0v) is 13.8. The van der Waals surface area contributed by atoms with Gasteiger partial charge < -0.3 is 14.7 Å². The molecule has 2 heterocycles. The van der Waals surface area contributed by atoms with E-state index in [9.17, 15) is 9.59 Å². The molecule has 1 fully saturated rings. The van der Waals surface area contributed by atoms with Crippen LogP contribution in [0.5, 0.6) is 0 Å². The van der Waals surface area contributed by atoms with Crippen LogP contribution in [0.15, 0.2) is 28.8 Å². The predicted molar refractivity (Wildman–Crippen MR) is 87.2 cm³/mol. The molecule has 1 N–H and O–H groups in total. The maximum Gasteiger partial charge on any atom is 0.257 e. The Hall–Kier alpha value is -2.70. The summed E-state index contributed by atoms with van der Waals surface area (Å²) in [6, 6.07) is 6.62. The maximum atomic E-state index is 12.8. The monoisotopic (exact) mass is 328 g/mol. The van der Waals surface area contributed by atoms with Gasteiger partial charge >= 0.3 is 0 Å². The predicted octanol–water partition coefficient (Wildman–Crippen LogP) is 1.79. The molecule has 1 aromatic heterocycles. The molecule has 1 aliphatic rings. The molecule has 0 aliphatic carbocycles. The number of hydrogen-bond donors (Lipinski definition) is 1. The van der Waals surface area contributed by atoms with Gasteiger partial charge in [0.15, 0.2) is 5.82 Å². The first kappa shape index (κ1) is 16.2. The van der Waals surface area contributed by atoms with Crippen molar-refractivity contribution < 1.29 is 14.1 Å². The van der Waals surface area contributed by atoms with E-state index in [1.807, 2.05) is 0 Å². The number of aryl methyl sites for hydroxylation is 1. The highest BCUT2D eigenvalue weighted by molar-refractivity contribution is 5.98. The SMILES string of the molecule is CNC(=O)[C@H]1CCCCN1C(=O)c1ccc(-c2nc(C)no2)cc1. The number of benzene rings is 1. The molecule has 0 saturated carbocycles. The second-order valence-electron chi connectivity index (χ2n) is 5.85. The third-order valence-electron chi connectivity index (χ3n) is 4.22. The number of aromatic nitrogens is 2. The van der Waals surface area contributed by atoms with Gasteiger partial charge in [-0.1, -0.05) is 5.16 Å². The molecular weight excluding hydrogens is 308 g/mol. The molecule has 3 rings (SSSR count). The summed E-state index contributed by atoms with van der Waals surface area (Å²) < 4.78 is 5.12. The molecular formula is C17H20N4O3. The number of piperidine rings is 1. The highest BCUT2D eigenvalue weighted by Crippen LogP contribution is 2.22. The van der Waals surface area contributed by atoms with Crippen LogP contribution in [0.1, 0.15) is 35.4 Å². The highest BCUT2D eigenvalue weighted by atomic mass is 16.5. The van der Waals surface area contributed by atoms with E-state index in [-0.39, 0.29) is 11.8 Å². The average Bonchev–Trinajstić information content (AvgIpc) is 3.07. The molecule has 1 aromatic carbocycles. The smallest absolute Gasteiger partial charge is 0.257 e. The number of likely N-dealkylation sites (N-methyl/N-ethyl adjacent to an activating group) is 1. The lowest BCUT2D eigenvalue weighted by Gasteiger charge is -2.34. The molecule has 24 heavy (non-hydrogen) atoms. The quantitative estimate of drug-likeness (QED) is 0.928. The lowest BCUT2D eigenvalue weighted by atomic mass is 9.99. The molecule has 2 aromatic rings. The summed E-state index contributed by atoms with van der Waals surface area (Å²) in [5.74, 6) is 0.747. The number of likely N-dealkylation sites (tertiary alicyclic amines) is 1. The summed E-state index contributed by atoms with van der Waals surface area (Å²) in [5, 5.41) is 6.40. The van der Waals surface area contributed by atoms with Gasteiger partial charge in [-0.2, -0.15) is 4.98 Å². The molecule has 1 atom stereocenters. The molecule has 2 amide bonds. The Morgan fingerprint density at radius 1 is 1.25 bits per heavy atom. The fourth-order valence-electron chi connectivity index (χ4n) is 2.95. The minimum absolute atomic E-state index is 0.110. The van der Waals surface area contributed by atoms with E-state index in [1.165, 1.54) is 0 Å². The zero-order valence-electron chi connectivity index (χ0n) is 13.8. The van der Waals surface area contributed by atoms with Crippen LogP contribution >= 0.6 is 0 Å². The van der Waals surface area contributed by atoms with Crippen molar-refractivity contribution in [2.24, 2.45) is 0 Å². The summed E-state index contributed by atoms with van der Waals surface area (Å²) in [7, 11) is 1.60. The van der Waals surface area contributed by atoms with Gasteiger partial charge in [0, 0.05) is 24.7 Å². The molecule has 0 bridgehead atoms. The van der Waals surface area contributed by atoms with E-state index in [2.05, 4.69) is 15.5 Å². The lowest BCUT2D eigenvalue weighted by Crippen LogP contribution is -2.51. The van der Waals surface area contributed by atoms with Gasteiger partial charge in [-0.25, -0.2) is 0 Å². The number of nitrogens with one attached hydrogen (secondary N) is 1. The largest absolute Gasteiger partial charge is 0.357 e. The van der Waals surface area contributed by atoms with Gasteiger partial charge in [-0.3, -0.25) is 9.59 Å². The fourth-order valence-corrected chi connectivity index (χ4v) is 2.95. The van der Waals surface area contributed by atoms with Crippen molar-refractivity contribution in [2.45, 2.75) is 32.2 Å². The van der Waals surface area contributed by atoms with E-state index >= 15 is 0 Å². The van der Waals surface area contributed by atoms with Gasteiger partial charge in [0.2, 0.25) is 5.91 Å². The van der Waals surface area contributed by atoms with E-state index in [1.54, 1.807) is 43.1 Å². The first-order chi connectivity index (χ1) is 11.6. The summed E-state index contributed by atoms with van der Waals surface area (Å²) in [5.41, 5.74) is 1.31. The number of amides is 2. The van der Waals surface area contributed by atoms with Crippen molar-refractivity contribution in [1.29, 1.82) is 0 Å². The Labute approximate surface area is 140 Å². The summed E-state index contributed by atoms with van der Waals surface area (Å²) in [6.07, 6.45) is 2.57. The molecule has 0 radical (unpaired) electrons. The Kier molecular flexibility index (Phi) is 4.59. The van der Waals surface area contributed by atoms with Crippen LogP contribution < -0.4 is 5.32 Å². The topological polar surface area (TPSA) is 88.3 Å². The first-order valence-electron chi connectivity index (χ1n) is 8.03. The van der Waals surface area contributed by atoms with E-state index < -0.39 is 6.04 Å². The van der Waals surface area contributed by atoms with Crippen molar-refractivity contribution in [3.05, 3.63) is 35.7 Å². The second-order valence-corrected chi connectivity index (χ2v) is 5.85. The number of rotatable bonds is 3. The number of carbonyl (C=O) groups excluding carboxylic acids is 2. The zero-order chi connectivity index (χ0) is 17.1. The minimum Gasteiger partial charge on any atom is -0.357 e. The van der Waals surface area contributed by atoms with E-state index in [0.717, 1.165) is 18.4 Å². The van der Waals surface area contributed by atoms with E-state index in [0.29, 0.717) is 30.2 Å². The van der Waals surface area contributed by atoms with Crippen molar-refractivity contribution >= 4 is 11.8 Å². The summed E-state index contributed by atoms with van der Waals surface area (Å²) >= 11 is 0. The Bertz CT molecular complexity index is 739. The fraction of sp³-hybridized carbons (Fsp3) is 0.412. The van der Waals surface area contributed by atoms with Crippen molar-refractivity contribution in [1.82, 2.24) is 20.4 Å². The van der Waals surface area contributed by atoms with Crippen LogP contribution in [0.4, 0.5) is 0 Å². The van der Waals surface area contributed by atoms with Crippen LogP contribution in [0, 0.1) is 6.92 Å². The van der Waals surface area contributed by atoms with Crippen molar-refractivity contribution in [3.8, 4) is 11.5 Å². The molecule has 7 heteroatoms. The van der Waals surface area contributed by atoms with Crippen LogP contribution in [0.3, 0.4) is 0 Å². The third kappa shape index (κ3) is 3.15. The molecule has 0 unspecified atom stereocenters. The summed E-state index contributed by atoms with van der Waals surface area (Å²) in [6.45, 7) is 2.35. The molecule has 7 nitrogen and oxygen atoms in total. The van der Waals surface area contributed by atoms with Crippen LogP contribution in [-0.2, 0) is 4.79 Å². The normalized spacial score (nSPS) is 17.6. The van der Waals surface area contributed by atoms with Crippen LogP contribution in [0.25, 0.3) is 11.5 Å².